The fourth-order valence-corrected chi connectivity index (χ4v) is 3.29. The van der Waals surface area contributed by atoms with E-state index in [1.165, 1.54) is 0 Å². The van der Waals surface area contributed by atoms with Gasteiger partial charge in [-0.15, -0.1) is 11.3 Å². The Morgan fingerprint density at radius 2 is 2.00 bits per heavy atom. The number of thiazole rings is 1. The first kappa shape index (κ1) is 13.5. The Morgan fingerprint density at radius 1 is 1.20 bits per heavy atom. The van der Waals surface area contributed by atoms with Gasteiger partial charge in [-0.1, -0.05) is 0 Å². The largest absolute Gasteiger partial charge is 0.345 e. The van der Waals surface area contributed by atoms with Crippen LogP contribution in [0.5, 0.6) is 0 Å². The van der Waals surface area contributed by atoms with Crippen LogP contribution in [0, 0.1) is 0 Å². The summed E-state index contributed by atoms with van der Waals surface area (Å²) in [4.78, 5) is 24.9. The van der Waals surface area contributed by atoms with E-state index >= 15 is 0 Å². The number of halogens is 1. The Balaban J connectivity index is 1.66. The SMILES string of the molecule is O=C(c1ncccc1Br)N1CCN(c2nccs2)CC1. The molecule has 20 heavy (non-hydrogen) atoms. The molecule has 1 amide bonds. The van der Waals surface area contributed by atoms with E-state index in [-0.39, 0.29) is 5.91 Å². The first-order valence-electron chi connectivity index (χ1n) is 6.30. The Morgan fingerprint density at radius 3 is 2.65 bits per heavy atom. The molecule has 0 radical (unpaired) electrons. The van der Waals surface area contributed by atoms with Crippen molar-refractivity contribution < 1.29 is 4.79 Å². The van der Waals surface area contributed by atoms with Crippen molar-refractivity contribution in [1.82, 2.24) is 14.9 Å². The van der Waals surface area contributed by atoms with Crippen molar-refractivity contribution in [3.05, 3.63) is 40.1 Å². The van der Waals surface area contributed by atoms with Crippen molar-refractivity contribution in [1.29, 1.82) is 0 Å². The number of hydrogen-bond acceptors (Lipinski definition) is 5. The van der Waals surface area contributed by atoms with Crippen LogP contribution in [0.15, 0.2) is 34.4 Å². The summed E-state index contributed by atoms with van der Waals surface area (Å²) >= 11 is 5.01. The molecule has 0 spiro atoms. The Hall–Kier alpha value is -1.47. The summed E-state index contributed by atoms with van der Waals surface area (Å²) in [7, 11) is 0. The van der Waals surface area contributed by atoms with Gasteiger partial charge in [-0.2, -0.15) is 0 Å². The van der Waals surface area contributed by atoms with E-state index in [1.807, 2.05) is 22.5 Å². The molecule has 7 heteroatoms. The number of nitrogens with zero attached hydrogens (tertiary/aromatic N) is 4. The van der Waals surface area contributed by atoms with Crippen molar-refractivity contribution in [2.24, 2.45) is 0 Å². The Kier molecular flexibility index (Phi) is 3.98. The highest BCUT2D eigenvalue weighted by molar-refractivity contribution is 9.10. The molecule has 0 aromatic carbocycles. The monoisotopic (exact) mass is 352 g/mol. The first-order chi connectivity index (χ1) is 9.75. The molecule has 1 fully saturated rings. The fraction of sp³-hybridized carbons (Fsp3) is 0.308. The van der Waals surface area contributed by atoms with Gasteiger partial charge in [-0.3, -0.25) is 4.79 Å². The lowest BCUT2D eigenvalue weighted by Crippen LogP contribution is -2.49. The molecule has 5 nitrogen and oxygen atoms in total. The van der Waals surface area contributed by atoms with Gasteiger partial charge in [0.15, 0.2) is 5.13 Å². The molecule has 0 bridgehead atoms. The standard InChI is InChI=1S/C13H13BrN4OS/c14-10-2-1-3-15-11(10)12(19)17-5-7-18(8-6-17)13-16-4-9-20-13/h1-4,9H,5-8H2. The number of aromatic nitrogens is 2. The smallest absolute Gasteiger partial charge is 0.273 e. The minimum absolute atomic E-state index is 0.0173. The number of anilines is 1. The molecule has 2 aromatic heterocycles. The maximum Gasteiger partial charge on any atom is 0.273 e. The molecule has 0 N–H and O–H groups in total. The highest BCUT2D eigenvalue weighted by atomic mass is 79.9. The van der Waals surface area contributed by atoms with Gasteiger partial charge >= 0.3 is 0 Å². The van der Waals surface area contributed by atoms with Crippen LogP contribution in [0.3, 0.4) is 0 Å². The van der Waals surface area contributed by atoms with Crippen LogP contribution >= 0.6 is 27.3 Å². The van der Waals surface area contributed by atoms with Crippen molar-refractivity contribution in [2.75, 3.05) is 31.1 Å². The quantitative estimate of drug-likeness (QED) is 0.831. The fourth-order valence-electron chi connectivity index (χ4n) is 2.17. The lowest BCUT2D eigenvalue weighted by molar-refractivity contribution is 0.0740. The molecule has 1 aliphatic heterocycles. The summed E-state index contributed by atoms with van der Waals surface area (Å²) < 4.78 is 0.743. The van der Waals surface area contributed by atoms with Crippen LogP contribution in [-0.2, 0) is 0 Å². The normalized spacial score (nSPS) is 15.4. The van der Waals surface area contributed by atoms with E-state index < -0.39 is 0 Å². The van der Waals surface area contributed by atoms with E-state index in [4.69, 9.17) is 0 Å². The number of pyridine rings is 1. The second kappa shape index (κ2) is 5.88. The molecular weight excluding hydrogens is 340 g/mol. The third-order valence-corrected chi connectivity index (χ3v) is 4.69. The third-order valence-electron chi connectivity index (χ3n) is 3.22. The number of hydrogen-bond donors (Lipinski definition) is 0. The molecule has 1 aliphatic rings. The van der Waals surface area contributed by atoms with E-state index in [1.54, 1.807) is 23.6 Å². The number of carbonyl (C=O) groups excluding carboxylic acids is 1. The molecule has 2 aromatic rings. The topological polar surface area (TPSA) is 49.3 Å². The van der Waals surface area contributed by atoms with E-state index in [9.17, 15) is 4.79 Å². The predicted molar refractivity (Wildman–Crippen MR) is 82.2 cm³/mol. The molecular formula is C13H13BrN4OS. The average molecular weight is 353 g/mol. The zero-order chi connectivity index (χ0) is 13.9. The van der Waals surface area contributed by atoms with Gasteiger partial charge < -0.3 is 9.80 Å². The van der Waals surface area contributed by atoms with E-state index in [0.29, 0.717) is 18.8 Å². The summed E-state index contributed by atoms with van der Waals surface area (Å²) in [6.07, 6.45) is 3.45. The third kappa shape index (κ3) is 2.69. The lowest BCUT2D eigenvalue weighted by Gasteiger charge is -2.34. The minimum Gasteiger partial charge on any atom is -0.345 e. The van der Waals surface area contributed by atoms with Gasteiger partial charge in [0.25, 0.3) is 5.91 Å². The Labute approximate surface area is 129 Å². The molecule has 3 heterocycles. The zero-order valence-electron chi connectivity index (χ0n) is 10.7. The van der Waals surface area contributed by atoms with Crippen LogP contribution in [0.4, 0.5) is 5.13 Å². The highest BCUT2D eigenvalue weighted by Gasteiger charge is 2.25. The molecule has 0 saturated carbocycles. The highest BCUT2D eigenvalue weighted by Crippen LogP contribution is 2.20. The van der Waals surface area contributed by atoms with Crippen LogP contribution in [0.25, 0.3) is 0 Å². The van der Waals surface area contributed by atoms with Crippen LogP contribution in [0.1, 0.15) is 10.5 Å². The molecule has 104 valence electrons. The van der Waals surface area contributed by atoms with Crippen molar-refractivity contribution in [2.45, 2.75) is 0 Å². The second-order valence-corrected chi connectivity index (χ2v) is 6.16. The summed E-state index contributed by atoms with van der Waals surface area (Å²) in [6.45, 7) is 3.01. The molecule has 0 unspecified atom stereocenters. The van der Waals surface area contributed by atoms with E-state index in [2.05, 4.69) is 30.8 Å². The summed E-state index contributed by atoms with van der Waals surface area (Å²) in [5, 5.41) is 2.99. The van der Waals surface area contributed by atoms with Crippen LogP contribution in [0.2, 0.25) is 0 Å². The predicted octanol–water partition coefficient (Wildman–Crippen LogP) is 2.26. The maximum absolute atomic E-state index is 12.4. The maximum atomic E-state index is 12.4. The molecule has 0 aliphatic carbocycles. The zero-order valence-corrected chi connectivity index (χ0v) is 13.1. The molecule has 3 rings (SSSR count). The average Bonchev–Trinajstić information content (AvgIpc) is 3.01. The van der Waals surface area contributed by atoms with Gasteiger partial charge in [-0.25, -0.2) is 9.97 Å². The van der Waals surface area contributed by atoms with Crippen LogP contribution in [-0.4, -0.2) is 47.0 Å². The number of amides is 1. The van der Waals surface area contributed by atoms with Crippen LogP contribution < -0.4 is 4.90 Å². The number of carbonyl (C=O) groups is 1. The van der Waals surface area contributed by atoms with Crippen molar-refractivity contribution >= 4 is 38.3 Å². The van der Waals surface area contributed by atoms with Gasteiger partial charge in [-0.05, 0) is 28.1 Å². The van der Waals surface area contributed by atoms with Gasteiger partial charge in [0.05, 0.1) is 0 Å². The summed E-state index contributed by atoms with van der Waals surface area (Å²) in [5.74, 6) is -0.0173. The van der Waals surface area contributed by atoms with E-state index in [0.717, 1.165) is 22.7 Å². The van der Waals surface area contributed by atoms with Crippen molar-refractivity contribution in [3.8, 4) is 0 Å². The summed E-state index contributed by atoms with van der Waals surface area (Å²) in [5.41, 5.74) is 0.482. The molecule has 0 atom stereocenters. The lowest BCUT2D eigenvalue weighted by atomic mass is 10.2. The van der Waals surface area contributed by atoms with Crippen molar-refractivity contribution in [3.63, 3.8) is 0 Å². The summed E-state index contributed by atoms with van der Waals surface area (Å²) in [6, 6.07) is 3.65. The number of piperazine rings is 1. The second-order valence-electron chi connectivity index (χ2n) is 4.43. The van der Waals surface area contributed by atoms with Gasteiger partial charge in [0.2, 0.25) is 0 Å². The molecule has 1 saturated heterocycles. The Bertz CT molecular complexity index is 596. The van der Waals surface area contributed by atoms with Gasteiger partial charge in [0.1, 0.15) is 5.69 Å². The first-order valence-corrected chi connectivity index (χ1v) is 7.97. The van der Waals surface area contributed by atoms with Gasteiger partial charge in [0, 0.05) is 48.4 Å². The number of rotatable bonds is 2. The minimum atomic E-state index is -0.0173.